The van der Waals surface area contributed by atoms with Crippen LogP contribution in [0.1, 0.15) is 115 Å². The molecule has 7 N–H and O–H groups in total. The normalized spacial score (nSPS) is 31.7. The lowest BCUT2D eigenvalue weighted by Crippen LogP contribution is -2.46. The summed E-state index contributed by atoms with van der Waals surface area (Å²) < 4.78 is 23.7. The topological polar surface area (TPSA) is 226 Å². The molecule has 3 aliphatic heterocycles. The van der Waals surface area contributed by atoms with Crippen LogP contribution in [-0.2, 0) is 23.8 Å². The minimum Gasteiger partial charge on any atom is -0.507 e. The average Bonchev–Trinajstić information content (AvgIpc) is 3.47. The van der Waals surface area contributed by atoms with Gasteiger partial charge in [-0.3, -0.25) is 14.4 Å². The van der Waals surface area contributed by atoms with Gasteiger partial charge in [-0.05, 0) is 32.8 Å². The van der Waals surface area contributed by atoms with Gasteiger partial charge in [0.05, 0.1) is 53.0 Å². The maximum absolute atomic E-state index is 14.5. The lowest BCUT2D eigenvalue weighted by molar-refractivity contribution is -0.160. The van der Waals surface area contributed by atoms with Gasteiger partial charge in [-0.2, -0.15) is 5.10 Å². The molecule has 9 atom stereocenters. The number of amides is 1. The van der Waals surface area contributed by atoms with E-state index in [4.69, 9.17) is 18.9 Å². The highest BCUT2D eigenvalue weighted by Crippen LogP contribution is 2.55. The third kappa shape index (κ3) is 9.84. The number of hydrogen-bond donors (Lipinski definition) is 7. The number of aliphatic hydroxyl groups excluding tert-OH is 2. The molecular weight excluding hydrogens is 787 g/mol. The quantitative estimate of drug-likeness (QED) is 0.0542. The fourth-order valence-corrected chi connectivity index (χ4v) is 8.67. The molecule has 0 unspecified atom stereocenters. The van der Waals surface area contributed by atoms with Gasteiger partial charge in [0, 0.05) is 67.2 Å². The number of nitrogens with one attached hydrogen (secondary N) is 2. The van der Waals surface area contributed by atoms with Crippen LogP contribution >= 0.6 is 0 Å². The molecule has 1 amide bonds. The van der Waals surface area contributed by atoms with Crippen LogP contribution in [0.4, 0.5) is 5.69 Å². The van der Waals surface area contributed by atoms with Crippen LogP contribution in [-0.4, -0.2) is 92.8 Å². The number of ketones is 1. The van der Waals surface area contributed by atoms with Crippen molar-refractivity contribution in [3.8, 4) is 23.0 Å². The Kier molecular flexibility index (Phi) is 15.2. The molecule has 1 fully saturated rings. The number of benzene rings is 2. The molecule has 15 nitrogen and oxygen atoms in total. The van der Waals surface area contributed by atoms with Gasteiger partial charge in [0.25, 0.3) is 11.7 Å². The second-order valence-corrected chi connectivity index (χ2v) is 17.0. The molecule has 5 bridgehead atoms. The Balaban J connectivity index is 1.68. The Bertz CT molecular complexity index is 2090. The van der Waals surface area contributed by atoms with E-state index in [1.807, 2.05) is 0 Å². The van der Waals surface area contributed by atoms with E-state index in [0.717, 1.165) is 38.5 Å². The number of methoxy groups -OCH3 is 1. The molecule has 0 aromatic heterocycles. The molecule has 2 aromatic carbocycles. The summed E-state index contributed by atoms with van der Waals surface area (Å²) in [5.74, 6) is -8.32. The van der Waals surface area contributed by atoms with Crippen LogP contribution in [0.2, 0.25) is 0 Å². The standard InChI is InChI=1S/C46H63N3O12/c1-23-16-15-17-24(2)45(57)48-36-31(22-47-49-30-18-13-11-10-12-14-19-30)40(54)33-34(41(36)55)39(53)28(6)43-35(33)44(56)46(8,61-43)59-21-20-32(58-9)25(3)42(60-29(7)50)27(5)38(52)26(4)37(23)51/h15-17,20-23,25-27,30,32,37-38,42,49,51-55H,10-14,18-19H2,1-9H3,(H,48,57)/b16-15+,21-20+,24-17-,47-22?/t23-,25-,26+,27-,32-,37-,38+,42+,46-/m0/s1. The van der Waals surface area contributed by atoms with Gasteiger partial charge in [0.1, 0.15) is 23.4 Å². The number of esters is 1. The minimum atomic E-state index is -2.04. The molecule has 4 aliphatic rings. The zero-order chi connectivity index (χ0) is 44.9. The zero-order valence-corrected chi connectivity index (χ0v) is 36.7. The smallest absolute Gasteiger partial charge is 0.312 e. The van der Waals surface area contributed by atoms with Crippen molar-refractivity contribution in [2.75, 3.05) is 12.4 Å². The summed E-state index contributed by atoms with van der Waals surface area (Å²) in [5, 5.41) is 65.2. The molecule has 6 rings (SSSR count). The number of phenolic OH excluding ortho intramolecular Hbond substituents is 3. The number of phenols is 3. The van der Waals surface area contributed by atoms with Crippen LogP contribution in [0.25, 0.3) is 10.8 Å². The van der Waals surface area contributed by atoms with Crippen LogP contribution in [0.15, 0.2) is 41.2 Å². The number of carbonyl (C=O) groups excluding carboxylic acids is 3. The maximum atomic E-state index is 14.5. The average molecular weight is 850 g/mol. The van der Waals surface area contributed by atoms with E-state index in [1.165, 1.54) is 65.9 Å². The molecule has 0 radical (unpaired) electrons. The number of hydrogen-bond acceptors (Lipinski definition) is 14. The van der Waals surface area contributed by atoms with E-state index < -0.39 is 88.8 Å². The molecule has 15 heteroatoms. The zero-order valence-electron chi connectivity index (χ0n) is 36.7. The van der Waals surface area contributed by atoms with Crippen LogP contribution in [0.3, 0.4) is 0 Å². The molecular formula is C46H63N3O12. The predicted molar refractivity (Wildman–Crippen MR) is 231 cm³/mol. The number of fused-ring (bicyclic) bond motifs is 14. The predicted octanol–water partition coefficient (Wildman–Crippen LogP) is 6.79. The Labute approximate surface area is 357 Å². The summed E-state index contributed by atoms with van der Waals surface area (Å²) in [4.78, 5) is 40.6. The second kappa shape index (κ2) is 19.7. The first-order valence-corrected chi connectivity index (χ1v) is 21.2. The monoisotopic (exact) mass is 849 g/mol. The number of nitrogens with zero attached hydrogens (tertiary/aromatic N) is 1. The number of carbonyl (C=O) groups is 3. The lowest BCUT2D eigenvalue weighted by Gasteiger charge is -2.38. The number of Topliss-reactive ketones (excluding diaryl/α,β-unsaturated/α-hetero) is 1. The molecule has 2 aromatic rings. The van der Waals surface area contributed by atoms with E-state index >= 15 is 0 Å². The highest BCUT2D eigenvalue weighted by Gasteiger charge is 2.50. The van der Waals surface area contributed by atoms with E-state index in [9.17, 15) is 39.9 Å². The van der Waals surface area contributed by atoms with Crippen LogP contribution in [0.5, 0.6) is 23.0 Å². The van der Waals surface area contributed by atoms with Gasteiger partial charge in [-0.15, -0.1) is 0 Å². The Morgan fingerprint density at radius 2 is 1.57 bits per heavy atom. The molecule has 61 heavy (non-hydrogen) atoms. The van der Waals surface area contributed by atoms with Crippen molar-refractivity contribution >= 4 is 40.3 Å². The summed E-state index contributed by atoms with van der Waals surface area (Å²) >= 11 is 0. The molecule has 0 spiro atoms. The maximum Gasteiger partial charge on any atom is 0.312 e. The number of allylic oxidation sites excluding steroid dienone is 2. The first-order valence-electron chi connectivity index (χ1n) is 21.2. The summed E-state index contributed by atoms with van der Waals surface area (Å²) in [7, 11) is 1.44. The summed E-state index contributed by atoms with van der Waals surface area (Å²) in [6, 6.07) is 0.0531. The number of hydrazone groups is 1. The molecule has 0 saturated heterocycles. The first-order chi connectivity index (χ1) is 28.8. The van der Waals surface area contributed by atoms with E-state index in [-0.39, 0.29) is 50.5 Å². The minimum absolute atomic E-state index is 0.0531. The van der Waals surface area contributed by atoms with E-state index in [1.54, 1.807) is 39.8 Å². The third-order valence-corrected chi connectivity index (χ3v) is 12.6. The van der Waals surface area contributed by atoms with Crippen molar-refractivity contribution in [2.24, 2.45) is 28.8 Å². The number of ether oxygens (including phenoxy) is 4. The second-order valence-electron chi connectivity index (χ2n) is 17.0. The summed E-state index contributed by atoms with van der Waals surface area (Å²) in [6.07, 6.45) is 12.1. The van der Waals surface area contributed by atoms with Crippen LogP contribution < -0.4 is 15.5 Å². The van der Waals surface area contributed by atoms with Crippen molar-refractivity contribution in [3.05, 3.63) is 52.8 Å². The first kappa shape index (κ1) is 46.9. The van der Waals surface area contributed by atoms with Crippen molar-refractivity contribution in [3.63, 3.8) is 0 Å². The number of anilines is 1. The molecule has 1 aliphatic carbocycles. The van der Waals surface area contributed by atoms with Gasteiger partial charge >= 0.3 is 11.8 Å². The molecule has 3 heterocycles. The highest BCUT2D eigenvalue weighted by molar-refractivity contribution is 6.23. The third-order valence-electron chi connectivity index (χ3n) is 12.6. The summed E-state index contributed by atoms with van der Waals surface area (Å²) in [5.41, 5.74) is 2.81. The van der Waals surface area contributed by atoms with Gasteiger partial charge in [-0.25, -0.2) is 0 Å². The Morgan fingerprint density at radius 3 is 2.21 bits per heavy atom. The fraction of sp³-hybridized carbons (Fsp3) is 0.565. The van der Waals surface area contributed by atoms with Gasteiger partial charge in [0.2, 0.25) is 0 Å². The van der Waals surface area contributed by atoms with Crippen molar-refractivity contribution < 1.29 is 58.9 Å². The van der Waals surface area contributed by atoms with Crippen LogP contribution in [0, 0.1) is 30.6 Å². The number of aliphatic hydroxyl groups is 2. The number of aromatic hydroxyl groups is 3. The molecule has 334 valence electrons. The van der Waals surface area contributed by atoms with Crippen molar-refractivity contribution in [1.29, 1.82) is 0 Å². The van der Waals surface area contributed by atoms with Gasteiger partial charge in [0.15, 0.2) is 5.75 Å². The van der Waals surface area contributed by atoms with Gasteiger partial charge < -0.3 is 55.2 Å². The SMILES string of the molecule is CO[C@H]1/C=C/O[C@@]2(C)Oc3c(C)c(O)c4c(O)c(c(C=NNC5CCCCCCC5)c(O)c4c3C2=O)NC(=O)/C(C)=C\C=C\[C@H](C)[C@H](O)[C@@H](C)[C@@H](O)[C@H](C)[C@H](OC(C)=O)[C@H]1C. The summed E-state index contributed by atoms with van der Waals surface area (Å²) in [6.45, 7) is 12.6. The van der Waals surface area contributed by atoms with Crippen molar-refractivity contribution in [2.45, 2.75) is 137 Å². The largest absolute Gasteiger partial charge is 0.507 e. The van der Waals surface area contributed by atoms with E-state index in [0.29, 0.717) is 0 Å². The van der Waals surface area contributed by atoms with Crippen molar-refractivity contribution in [1.82, 2.24) is 5.43 Å². The Morgan fingerprint density at radius 1 is 0.918 bits per heavy atom. The van der Waals surface area contributed by atoms with E-state index in [2.05, 4.69) is 15.8 Å². The number of rotatable bonds is 5. The van der Waals surface area contributed by atoms with Gasteiger partial charge in [-0.1, -0.05) is 78.0 Å². The fourth-order valence-electron chi connectivity index (χ4n) is 8.67. The molecule has 1 saturated carbocycles. The lowest BCUT2D eigenvalue weighted by atomic mass is 9.78. The highest BCUT2D eigenvalue weighted by atomic mass is 16.7. The Hall–Kier alpha value is -5.12.